The largest absolute Gasteiger partial charge is 0.126 e. The minimum absolute atomic E-state index is 0.0803. The third-order valence-corrected chi connectivity index (χ3v) is 4.77. The fourth-order valence-electron chi connectivity index (χ4n) is 2.83. The zero-order valence-corrected chi connectivity index (χ0v) is 13.2. The summed E-state index contributed by atoms with van der Waals surface area (Å²) in [6.45, 7) is 6.68. The highest BCUT2D eigenvalue weighted by atomic mass is 35.5. The molecule has 0 bridgehead atoms. The van der Waals surface area contributed by atoms with E-state index in [9.17, 15) is 0 Å². The lowest BCUT2D eigenvalue weighted by Crippen LogP contribution is -2.33. The van der Waals surface area contributed by atoms with Crippen LogP contribution in [0.5, 0.6) is 0 Å². The van der Waals surface area contributed by atoms with Crippen LogP contribution in [0.2, 0.25) is 0 Å². The van der Waals surface area contributed by atoms with Gasteiger partial charge in [-0.25, -0.2) is 0 Å². The standard InChI is InChI=1S/C16H24Cl2/c1-4-7-13(2)10-16(11-17,12-18)15-9-6-5-8-14(15)3/h5-6,8-9,13H,4,7,10-12H2,1-3H3. The molecule has 0 saturated heterocycles. The molecule has 1 atom stereocenters. The lowest BCUT2D eigenvalue weighted by Gasteiger charge is -2.34. The first kappa shape index (κ1) is 15.9. The highest BCUT2D eigenvalue weighted by Crippen LogP contribution is 2.37. The zero-order valence-electron chi connectivity index (χ0n) is 11.7. The fraction of sp³-hybridized carbons (Fsp3) is 0.625. The van der Waals surface area contributed by atoms with Crippen LogP contribution in [0.3, 0.4) is 0 Å². The van der Waals surface area contributed by atoms with Crippen LogP contribution < -0.4 is 0 Å². The molecule has 0 spiro atoms. The Morgan fingerprint density at radius 1 is 1.17 bits per heavy atom. The van der Waals surface area contributed by atoms with Crippen LogP contribution in [0.25, 0.3) is 0 Å². The van der Waals surface area contributed by atoms with Crippen molar-refractivity contribution in [2.75, 3.05) is 11.8 Å². The lowest BCUT2D eigenvalue weighted by atomic mass is 9.74. The van der Waals surface area contributed by atoms with E-state index in [2.05, 4.69) is 45.0 Å². The van der Waals surface area contributed by atoms with Gasteiger partial charge in [-0.3, -0.25) is 0 Å². The monoisotopic (exact) mass is 286 g/mol. The Labute approximate surface area is 122 Å². The third kappa shape index (κ3) is 3.65. The van der Waals surface area contributed by atoms with Crippen molar-refractivity contribution in [3.05, 3.63) is 35.4 Å². The van der Waals surface area contributed by atoms with E-state index >= 15 is 0 Å². The topological polar surface area (TPSA) is 0 Å². The molecule has 0 nitrogen and oxygen atoms in total. The molecule has 0 aliphatic rings. The Morgan fingerprint density at radius 2 is 1.78 bits per heavy atom. The number of halogens is 2. The van der Waals surface area contributed by atoms with Crippen LogP contribution in [0.15, 0.2) is 24.3 Å². The predicted molar refractivity (Wildman–Crippen MR) is 83.0 cm³/mol. The molecule has 102 valence electrons. The van der Waals surface area contributed by atoms with E-state index in [0.717, 1.165) is 6.42 Å². The van der Waals surface area contributed by atoms with E-state index in [1.54, 1.807) is 0 Å². The molecule has 0 amide bonds. The zero-order chi connectivity index (χ0) is 13.6. The Hall–Kier alpha value is -0.200. The molecule has 1 aromatic rings. The molecule has 0 heterocycles. The van der Waals surface area contributed by atoms with Gasteiger partial charge in [0.15, 0.2) is 0 Å². The molecular weight excluding hydrogens is 263 g/mol. The lowest BCUT2D eigenvalue weighted by molar-refractivity contribution is 0.367. The molecule has 0 aromatic heterocycles. The molecular formula is C16H24Cl2. The van der Waals surface area contributed by atoms with Crippen molar-refractivity contribution < 1.29 is 0 Å². The highest BCUT2D eigenvalue weighted by molar-refractivity contribution is 6.22. The van der Waals surface area contributed by atoms with Crippen LogP contribution in [-0.4, -0.2) is 11.8 Å². The quantitative estimate of drug-likeness (QED) is 0.578. The number of rotatable bonds is 7. The third-order valence-electron chi connectivity index (χ3n) is 3.75. The summed E-state index contributed by atoms with van der Waals surface area (Å²) in [5.74, 6) is 1.84. The maximum atomic E-state index is 6.29. The number of hydrogen-bond donors (Lipinski definition) is 0. The summed E-state index contributed by atoms with van der Waals surface area (Å²) in [6, 6.07) is 8.48. The van der Waals surface area contributed by atoms with Gasteiger partial charge < -0.3 is 0 Å². The predicted octanol–water partition coefficient (Wildman–Crippen LogP) is 5.54. The number of alkyl halides is 2. The van der Waals surface area contributed by atoms with Gasteiger partial charge in [0.05, 0.1) is 0 Å². The molecule has 18 heavy (non-hydrogen) atoms. The summed E-state index contributed by atoms with van der Waals surface area (Å²) in [5, 5.41) is 0. The summed E-state index contributed by atoms with van der Waals surface area (Å²) >= 11 is 12.6. The van der Waals surface area contributed by atoms with Gasteiger partial charge in [0.1, 0.15) is 0 Å². The summed E-state index contributed by atoms with van der Waals surface area (Å²) in [6.07, 6.45) is 3.52. The molecule has 0 aliphatic carbocycles. The van der Waals surface area contributed by atoms with Gasteiger partial charge in [0.2, 0.25) is 0 Å². The van der Waals surface area contributed by atoms with Crippen molar-refractivity contribution in [2.24, 2.45) is 5.92 Å². The second-order valence-electron chi connectivity index (χ2n) is 5.46. The molecule has 0 N–H and O–H groups in total. The van der Waals surface area contributed by atoms with E-state index in [1.165, 1.54) is 24.0 Å². The number of hydrogen-bond acceptors (Lipinski definition) is 0. The highest BCUT2D eigenvalue weighted by Gasteiger charge is 2.33. The molecule has 1 rings (SSSR count). The van der Waals surface area contributed by atoms with Gasteiger partial charge in [0.25, 0.3) is 0 Å². The Balaban J connectivity index is 3.03. The van der Waals surface area contributed by atoms with Crippen LogP contribution >= 0.6 is 23.2 Å². The molecule has 0 radical (unpaired) electrons. The van der Waals surface area contributed by atoms with Gasteiger partial charge in [0, 0.05) is 17.2 Å². The molecule has 2 heteroatoms. The normalized spacial score (nSPS) is 13.6. The van der Waals surface area contributed by atoms with Crippen LogP contribution in [0.1, 0.15) is 44.2 Å². The SMILES string of the molecule is CCCC(C)CC(CCl)(CCl)c1ccccc1C. The Bertz CT molecular complexity index is 356. The average molecular weight is 287 g/mol. The van der Waals surface area contributed by atoms with Crippen molar-refractivity contribution in [2.45, 2.75) is 45.4 Å². The van der Waals surface area contributed by atoms with Gasteiger partial charge in [-0.05, 0) is 30.4 Å². The summed E-state index contributed by atoms with van der Waals surface area (Å²) in [4.78, 5) is 0. The minimum Gasteiger partial charge on any atom is -0.126 e. The van der Waals surface area contributed by atoms with Crippen molar-refractivity contribution in [1.82, 2.24) is 0 Å². The van der Waals surface area contributed by atoms with Gasteiger partial charge in [-0.1, -0.05) is 51.0 Å². The summed E-state index contributed by atoms with van der Waals surface area (Å²) in [7, 11) is 0. The second-order valence-corrected chi connectivity index (χ2v) is 6.00. The minimum atomic E-state index is -0.0803. The Kier molecular flexibility index (Phi) is 6.52. The molecule has 0 fully saturated rings. The maximum absolute atomic E-state index is 6.29. The first-order chi connectivity index (χ1) is 8.59. The van der Waals surface area contributed by atoms with Crippen molar-refractivity contribution >= 4 is 23.2 Å². The van der Waals surface area contributed by atoms with E-state index in [-0.39, 0.29) is 5.41 Å². The molecule has 1 unspecified atom stereocenters. The van der Waals surface area contributed by atoms with Crippen molar-refractivity contribution in [3.63, 3.8) is 0 Å². The summed E-state index contributed by atoms with van der Waals surface area (Å²) in [5.41, 5.74) is 2.53. The van der Waals surface area contributed by atoms with E-state index in [1.807, 2.05) is 0 Å². The van der Waals surface area contributed by atoms with Crippen LogP contribution in [0.4, 0.5) is 0 Å². The van der Waals surface area contributed by atoms with E-state index in [4.69, 9.17) is 23.2 Å². The van der Waals surface area contributed by atoms with Crippen molar-refractivity contribution in [3.8, 4) is 0 Å². The van der Waals surface area contributed by atoms with Crippen LogP contribution in [-0.2, 0) is 5.41 Å². The number of aryl methyl sites for hydroxylation is 1. The average Bonchev–Trinajstić information content (AvgIpc) is 2.37. The summed E-state index contributed by atoms with van der Waals surface area (Å²) < 4.78 is 0. The Morgan fingerprint density at radius 3 is 2.28 bits per heavy atom. The van der Waals surface area contributed by atoms with E-state index < -0.39 is 0 Å². The van der Waals surface area contributed by atoms with Gasteiger partial charge in [-0.15, -0.1) is 23.2 Å². The second kappa shape index (κ2) is 7.40. The van der Waals surface area contributed by atoms with E-state index in [0.29, 0.717) is 17.7 Å². The molecule has 1 aromatic carbocycles. The maximum Gasteiger partial charge on any atom is 0.0332 e. The smallest absolute Gasteiger partial charge is 0.0332 e. The first-order valence-corrected chi connectivity index (χ1v) is 7.84. The van der Waals surface area contributed by atoms with Gasteiger partial charge in [-0.2, -0.15) is 0 Å². The van der Waals surface area contributed by atoms with Crippen molar-refractivity contribution in [1.29, 1.82) is 0 Å². The fourth-order valence-corrected chi connectivity index (χ4v) is 3.62. The first-order valence-electron chi connectivity index (χ1n) is 6.77. The molecule has 0 saturated carbocycles. The van der Waals surface area contributed by atoms with Crippen LogP contribution in [0, 0.1) is 12.8 Å². The van der Waals surface area contributed by atoms with Gasteiger partial charge >= 0.3 is 0 Å². The number of benzene rings is 1. The molecule has 0 aliphatic heterocycles.